The molecule has 0 atom stereocenters. The molecule has 1 aromatic heterocycles. The zero-order valence-electron chi connectivity index (χ0n) is 13.1. The topological polar surface area (TPSA) is 85.8 Å². The first-order valence-corrected chi connectivity index (χ1v) is 7.62. The van der Waals surface area contributed by atoms with Crippen molar-refractivity contribution >= 4 is 29.9 Å². The number of para-hydroxylation sites is 1. The molecule has 0 saturated heterocycles. The van der Waals surface area contributed by atoms with Crippen molar-refractivity contribution in [3.8, 4) is 5.69 Å². The molecule has 1 amide bonds. The minimum Gasteiger partial charge on any atom is -0.349 e. The molecule has 0 saturated carbocycles. The molecule has 0 aliphatic carbocycles. The molecular formula is C15H21Cl2N5O. The summed E-state index contributed by atoms with van der Waals surface area (Å²) in [4.78, 5) is 16.5. The van der Waals surface area contributed by atoms with Crippen LogP contribution in [0.2, 0.25) is 5.02 Å². The number of nitrogens with one attached hydrogen (secondary N) is 1. The Bertz CT molecular complexity index is 657. The molecule has 0 bridgehead atoms. The largest absolute Gasteiger partial charge is 0.349 e. The number of rotatable bonds is 6. The van der Waals surface area contributed by atoms with Crippen molar-refractivity contribution in [2.45, 2.75) is 26.2 Å². The third-order valence-electron chi connectivity index (χ3n) is 3.10. The van der Waals surface area contributed by atoms with Gasteiger partial charge < -0.3 is 11.1 Å². The second-order valence-corrected chi connectivity index (χ2v) is 5.62. The van der Waals surface area contributed by atoms with Crippen molar-refractivity contribution in [1.29, 1.82) is 0 Å². The lowest BCUT2D eigenvalue weighted by Crippen LogP contribution is -2.27. The summed E-state index contributed by atoms with van der Waals surface area (Å²) in [6, 6.07) is 7.34. The minimum atomic E-state index is -0.304. The smallest absolute Gasteiger partial charge is 0.290 e. The molecule has 0 radical (unpaired) electrons. The first kappa shape index (κ1) is 19.4. The zero-order valence-corrected chi connectivity index (χ0v) is 14.7. The number of hydrogen-bond acceptors (Lipinski definition) is 4. The van der Waals surface area contributed by atoms with Gasteiger partial charge in [0.25, 0.3) is 5.91 Å². The summed E-state index contributed by atoms with van der Waals surface area (Å²) < 4.78 is 1.63. The fourth-order valence-corrected chi connectivity index (χ4v) is 2.19. The van der Waals surface area contributed by atoms with Gasteiger partial charge in [0, 0.05) is 12.5 Å². The fourth-order valence-electron chi connectivity index (χ4n) is 1.98. The predicted molar refractivity (Wildman–Crippen MR) is 93.7 cm³/mol. The Labute approximate surface area is 146 Å². The van der Waals surface area contributed by atoms with Crippen molar-refractivity contribution in [2.75, 3.05) is 13.1 Å². The summed E-state index contributed by atoms with van der Waals surface area (Å²) >= 11 is 6.22. The van der Waals surface area contributed by atoms with E-state index in [1.54, 1.807) is 10.7 Å². The maximum atomic E-state index is 12.1. The molecule has 0 fully saturated rings. The summed E-state index contributed by atoms with van der Waals surface area (Å²) in [6.45, 7) is 5.02. The maximum Gasteiger partial charge on any atom is 0.290 e. The monoisotopic (exact) mass is 357 g/mol. The third-order valence-corrected chi connectivity index (χ3v) is 3.42. The van der Waals surface area contributed by atoms with E-state index in [1.807, 2.05) is 32.0 Å². The molecule has 0 unspecified atom stereocenters. The molecule has 8 heteroatoms. The van der Waals surface area contributed by atoms with Crippen molar-refractivity contribution in [1.82, 2.24) is 20.1 Å². The summed E-state index contributed by atoms with van der Waals surface area (Å²) in [5.41, 5.74) is 6.12. The van der Waals surface area contributed by atoms with Crippen LogP contribution in [-0.4, -0.2) is 33.8 Å². The highest BCUT2D eigenvalue weighted by atomic mass is 35.5. The van der Waals surface area contributed by atoms with Crippen molar-refractivity contribution in [2.24, 2.45) is 5.73 Å². The van der Waals surface area contributed by atoms with E-state index in [2.05, 4.69) is 15.4 Å². The molecule has 0 aliphatic rings. The summed E-state index contributed by atoms with van der Waals surface area (Å²) in [5, 5.41) is 7.63. The van der Waals surface area contributed by atoms with Crippen molar-refractivity contribution < 1.29 is 4.79 Å². The Morgan fingerprint density at radius 1 is 1.39 bits per heavy atom. The van der Waals surface area contributed by atoms with Crippen LogP contribution in [0.3, 0.4) is 0 Å². The summed E-state index contributed by atoms with van der Waals surface area (Å²) in [7, 11) is 0. The number of carbonyl (C=O) groups excluding carboxylic acids is 1. The van der Waals surface area contributed by atoms with Gasteiger partial charge in [0.05, 0.1) is 10.7 Å². The van der Waals surface area contributed by atoms with Crippen LogP contribution in [0.15, 0.2) is 24.3 Å². The minimum absolute atomic E-state index is 0. The van der Waals surface area contributed by atoms with E-state index in [1.165, 1.54) is 0 Å². The van der Waals surface area contributed by atoms with Gasteiger partial charge >= 0.3 is 0 Å². The Morgan fingerprint density at radius 3 is 2.70 bits per heavy atom. The van der Waals surface area contributed by atoms with E-state index < -0.39 is 0 Å². The van der Waals surface area contributed by atoms with Gasteiger partial charge in [0.2, 0.25) is 5.82 Å². The van der Waals surface area contributed by atoms with Crippen LogP contribution < -0.4 is 11.1 Å². The van der Waals surface area contributed by atoms with E-state index in [0.29, 0.717) is 36.0 Å². The Hall–Kier alpha value is -1.63. The molecule has 126 valence electrons. The van der Waals surface area contributed by atoms with Crippen LogP contribution >= 0.6 is 24.0 Å². The average Bonchev–Trinajstić information content (AvgIpc) is 2.93. The molecule has 0 aliphatic heterocycles. The van der Waals surface area contributed by atoms with Gasteiger partial charge in [0.1, 0.15) is 5.82 Å². The highest BCUT2D eigenvalue weighted by molar-refractivity contribution is 6.32. The number of aromatic nitrogens is 3. The number of hydrogen-bond donors (Lipinski definition) is 2. The Balaban J connectivity index is 0.00000264. The second kappa shape index (κ2) is 8.86. The van der Waals surface area contributed by atoms with Crippen LogP contribution in [0.4, 0.5) is 0 Å². The molecule has 2 rings (SSSR count). The number of nitrogens with two attached hydrogens (primary N) is 1. The number of benzene rings is 1. The second-order valence-electron chi connectivity index (χ2n) is 5.21. The van der Waals surface area contributed by atoms with Crippen LogP contribution in [0, 0.1) is 0 Å². The van der Waals surface area contributed by atoms with Crippen LogP contribution in [-0.2, 0) is 0 Å². The lowest BCUT2D eigenvalue weighted by molar-refractivity contribution is 0.0943. The summed E-state index contributed by atoms with van der Waals surface area (Å²) in [6.07, 6.45) is 0.716. The van der Waals surface area contributed by atoms with Crippen molar-refractivity contribution in [3.05, 3.63) is 40.9 Å². The Morgan fingerprint density at radius 2 is 2.09 bits per heavy atom. The number of nitrogens with zero attached hydrogens (tertiary/aromatic N) is 3. The average molecular weight is 358 g/mol. The first-order valence-electron chi connectivity index (χ1n) is 7.24. The van der Waals surface area contributed by atoms with Crippen molar-refractivity contribution in [3.63, 3.8) is 0 Å². The quantitative estimate of drug-likeness (QED) is 0.777. The third kappa shape index (κ3) is 4.67. The standard InChI is InChI=1S/C15H20ClN5O.ClH/c1-10(2)14-19-13(15(22)18-9-5-8-17)20-21(14)12-7-4-3-6-11(12)16;/h3-4,6-7,10H,5,8-9,17H2,1-2H3,(H,18,22);1H. The van der Waals surface area contributed by atoms with E-state index in [4.69, 9.17) is 17.3 Å². The molecule has 6 nitrogen and oxygen atoms in total. The molecule has 1 heterocycles. The lowest BCUT2D eigenvalue weighted by atomic mass is 10.2. The lowest BCUT2D eigenvalue weighted by Gasteiger charge is -2.09. The van der Waals surface area contributed by atoms with Crippen LogP contribution in [0.25, 0.3) is 5.69 Å². The molecular weight excluding hydrogens is 337 g/mol. The molecule has 0 spiro atoms. The maximum absolute atomic E-state index is 12.1. The molecule has 1 aromatic carbocycles. The van der Waals surface area contributed by atoms with Gasteiger partial charge in [-0.2, -0.15) is 0 Å². The van der Waals surface area contributed by atoms with E-state index in [-0.39, 0.29) is 30.1 Å². The SMILES string of the molecule is CC(C)c1nc(C(=O)NCCCN)nn1-c1ccccc1Cl.Cl. The molecule has 2 aromatic rings. The van der Waals surface area contributed by atoms with E-state index in [0.717, 1.165) is 0 Å². The van der Waals surface area contributed by atoms with Crippen LogP contribution in [0.1, 0.15) is 42.6 Å². The first-order chi connectivity index (χ1) is 10.5. The number of amides is 1. The van der Waals surface area contributed by atoms with E-state index in [9.17, 15) is 4.79 Å². The predicted octanol–water partition coefficient (Wildman–Crippen LogP) is 2.54. The number of halogens is 2. The van der Waals surface area contributed by atoms with Gasteiger partial charge in [-0.25, -0.2) is 9.67 Å². The fraction of sp³-hybridized carbons (Fsp3) is 0.400. The van der Waals surface area contributed by atoms with E-state index >= 15 is 0 Å². The number of carbonyl (C=O) groups is 1. The van der Waals surface area contributed by atoms with Gasteiger partial charge in [0.15, 0.2) is 0 Å². The van der Waals surface area contributed by atoms with Gasteiger partial charge in [-0.05, 0) is 25.1 Å². The zero-order chi connectivity index (χ0) is 16.1. The molecule has 23 heavy (non-hydrogen) atoms. The van der Waals surface area contributed by atoms with Gasteiger partial charge in [-0.1, -0.05) is 37.6 Å². The summed E-state index contributed by atoms with van der Waals surface area (Å²) in [5.74, 6) is 0.633. The van der Waals surface area contributed by atoms with Crippen LogP contribution in [0.5, 0.6) is 0 Å². The Kier molecular flexibility index (Phi) is 7.48. The molecule has 3 N–H and O–H groups in total. The van der Waals surface area contributed by atoms with Gasteiger partial charge in [-0.3, -0.25) is 4.79 Å². The highest BCUT2D eigenvalue weighted by Crippen LogP contribution is 2.23. The van der Waals surface area contributed by atoms with Gasteiger partial charge in [-0.15, -0.1) is 17.5 Å². The highest BCUT2D eigenvalue weighted by Gasteiger charge is 2.20. The normalized spacial score (nSPS) is 10.5.